The lowest BCUT2D eigenvalue weighted by atomic mass is 10.0. The number of hydrogen-bond acceptors (Lipinski definition) is 6. The van der Waals surface area contributed by atoms with E-state index in [4.69, 9.17) is 9.47 Å². The van der Waals surface area contributed by atoms with Crippen LogP contribution in [-0.2, 0) is 0 Å². The summed E-state index contributed by atoms with van der Waals surface area (Å²) in [6, 6.07) is 15.1. The van der Waals surface area contributed by atoms with Crippen molar-refractivity contribution in [2.24, 2.45) is 0 Å². The highest BCUT2D eigenvalue weighted by atomic mass is 32.1. The molecule has 0 unspecified atom stereocenters. The van der Waals surface area contributed by atoms with Crippen LogP contribution in [0.5, 0.6) is 11.5 Å². The van der Waals surface area contributed by atoms with Crippen molar-refractivity contribution in [1.29, 1.82) is 0 Å². The van der Waals surface area contributed by atoms with Gasteiger partial charge in [0.05, 0.1) is 31.0 Å². The van der Waals surface area contributed by atoms with E-state index in [0.29, 0.717) is 22.2 Å². The third-order valence-corrected chi connectivity index (χ3v) is 5.74. The fraction of sp³-hybridized carbons (Fsp3) is 0.208. The van der Waals surface area contributed by atoms with Gasteiger partial charge in [0.25, 0.3) is 5.91 Å². The van der Waals surface area contributed by atoms with E-state index in [2.05, 4.69) is 29.1 Å². The highest BCUT2D eigenvalue weighted by molar-refractivity contribution is 7.14. The minimum absolute atomic E-state index is 0.205. The van der Waals surface area contributed by atoms with Gasteiger partial charge < -0.3 is 9.47 Å². The Morgan fingerprint density at radius 1 is 1.03 bits per heavy atom. The molecule has 0 aliphatic heterocycles. The van der Waals surface area contributed by atoms with Crippen LogP contribution < -0.4 is 14.8 Å². The monoisotopic (exact) mass is 433 g/mol. The molecule has 2 heterocycles. The van der Waals surface area contributed by atoms with E-state index >= 15 is 0 Å². The van der Waals surface area contributed by atoms with E-state index in [0.717, 1.165) is 27.9 Å². The average Bonchev–Trinajstić information content (AvgIpc) is 3.25. The van der Waals surface area contributed by atoms with Crippen LogP contribution in [0.3, 0.4) is 0 Å². The summed E-state index contributed by atoms with van der Waals surface area (Å²) in [7, 11) is 3.21. The zero-order valence-electron chi connectivity index (χ0n) is 17.8. The van der Waals surface area contributed by atoms with Gasteiger partial charge in [-0.2, -0.15) is 0 Å². The molecule has 6 nitrogen and oxygen atoms in total. The van der Waals surface area contributed by atoms with Crippen LogP contribution in [0.4, 0.5) is 5.13 Å². The Balaban J connectivity index is 1.65. The molecule has 2 aromatic carbocycles. The second-order valence-corrected chi connectivity index (χ2v) is 8.18. The molecule has 31 heavy (non-hydrogen) atoms. The van der Waals surface area contributed by atoms with Crippen LogP contribution in [0, 0.1) is 0 Å². The molecule has 0 radical (unpaired) electrons. The number of nitrogens with one attached hydrogen (secondary N) is 1. The third-order valence-electron chi connectivity index (χ3n) is 4.98. The number of pyridine rings is 1. The highest BCUT2D eigenvalue weighted by Crippen LogP contribution is 2.35. The Morgan fingerprint density at radius 3 is 2.58 bits per heavy atom. The minimum atomic E-state index is -0.205. The van der Waals surface area contributed by atoms with Gasteiger partial charge in [0.2, 0.25) is 0 Å². The Hall–Kier alpha value is -3.45. The van der Waals surface area contributed by atoms with Gasteiger partial charge in [-0.25, -0.2) is 4.98 Å². The zero-order chi connectivity index (χ0) is 22.0. The lowest BCUT2D eigenvalue weighted by molar-refractivity contribution is 0.102. The van der Waals surface area contributed by atoms with Gasteiger partial charge in [-0.05, 0) is 30.2 Å². The number of hydrogen-bond donors (Lipinski definition) is 1. The number of ether oxygens (including phenoxy) is 2. The molecule has 0 bridgehead atoms. The van der Waals surface area contributed by atoms with Crippen LogP contribution in [0.2, 0.25) is 0 Å². The van der Waals surface area contributed by atoms with Crippen molar-refractivity contribution in [2.45, 2.75) is 19.8 Å². The maximum atomic E-state index is 13.1. The second-order valence-electron chi connectivity index (χ2n) is 7.32. The maximum Gasteiger partial charge on any atom is 0.258 e. The molecule has 1 amide bonds. The third kappa shape index (κ3) is 4.22. The molecule has 2 aromatic heterocycles. The van der Waals surface area contributed by atoms with Crippen molar-refractivity contribution in [3.05, 3.63) is 65.2 Å². The first kappa shape index (κ1) is 20.8. The molecular formula is C24H23N3O3S. The highest BCUT2D eigenvalue weighted by Gasteiger charge is 2.17. The predicted molar refractivity (Wildman–Crippen MR) is 124 cm³/mol. The van der Waals surface area contributed by atoms with Gasteiger partial charge in [-0.1, -0.05) is 32.0 Å². The topological polar surface area (TPSA) is 73.3 Å². The fourth-order valence-corrected chi connectivity index (χ4v) is 4.01. The first-order valence-electron chi connectivity index (χ1n) is 9.89. The van der Waals surface area contributed by atoms with Crippen molar-refractivity contribution in [2.75, 3.05) is 19.5 Å². The van der Waals surface area contributed by atoms with E-state index in [1.54, 1.807) is 14.2 Å². The van der Waals surface area contributed by atoms with Crippen molar-refractivity contribution in [3.8, 4) is 22.8 Å². The molecule has 0 aliphatic carbocycles. The number of fused-ring (bicyclic) bond motifs is 1. The van der Waals surface area contributed by atoms with Gasteiger partial charge in [0.15, 0.2) is 5.13 Å². The normalized spacial score (nSPS) is 11.0. The summed E-state index contributed by atoms with van der Waals surface area (Å²) in [5, 5.41) is 6.17. The SMILES string of the molecule is COc1ccc(-c2csc(NC(=O)c3cc(C(C)C)nc4ccccc34)n2)c(OC)c1. The standard InChI is InChI=1S/C24H23N3O3S/c1-14(2)20-12-18(16-7-5-6-8-19(16)25-20)23(28)27-24-26-21(13-31-24)17-10-9-15(29-3)11-22(17)30-4/h5-14H,1-4H3,(H,26,27,28). The molecule has 7 heteroatoms. The molecule has 4 rings (SSSR count). The number of rotatable bonds is 6. The number of benzene rings is 2. The molecule has 1 N–H and O–H groups in total. The van der Waals surface area contributed by atoms with Crippen LogP contribution in [0.15, 0.2) is 53.9 Å². The van der Waals surface area contributed by atoms with Crippen LogP contribution in [-0.4, -0.2) is 30.1 Å². The van der Waals surface area contributed by atoms with Gasteiger partial charge in [-0.15, -0.1) is 11.3 Å². The zero-order valence-corrected chi connectivity index (χ0v) is 18.6. The van der Waals surface area contributed by atoms with Crippen LogP contribution in [0.1, 0.15) is 35.8 Å². The summed E-state index contributed by atoms with van der Waals surface area (Å²) in [6.07, 6.45) is 0. The van der Waals surface area contributed by atoms with Gasteiger partial charge in [0.1, 0.15) is 11.5 Å². The number of para-hydroxylation sites is 1. The van der Waals surface area contributed by atoms with Crippen molar-refractivity contribution in [1.82, 2.24) is 9.97 Å². The molecular weight excluding hydrogens is 410 g/mol. The summed E-state index contributed by atoms with van der Waals surface area (Å²) in [5.41, 5.74) is 3.83. The van der Waals surface area contributed by atoms with Crippen LogP contribution in [0.25, 0.3) is 22.2 Å². The van der Waals surface area contributed by atoms with Crippen molar-refractivity contribution in [3.63, 3.8) is 0 Å². The van der Waals surface area contributed by atoms with E-state index in [-0.39, 0.29) is 11.8 Å². The molecule has 0 saturated carbocycles. The first-order chi connectivity index (χ1) is 15.0. The number of anilines is 1. The summed E-state index contributed by atoms with van der Waals surface area (Å²) >= 11 is 1.37. The number of thiazole rings is 1. The summed E-state index contributed by atoms with van der Waals surface area (Å²) in [4.78, 5) is 22.4. The Kier molecular flexibility index (Phi) is 5.86. The van der Waals surface area contributed by atoms with E-state index in [1.807, 2.05) is 53.9 Å². The Morgan fingerprint density at radius 2 is 1.84 bits per heavy atom. The number of methoxy groups -OCH3 is 2. The van der Waals surface area contributed by atoms with E-state index < -0.39 is 0 Å². The van der Waals surface area contributed by atoms with Crippen LogP contribution >= 0.6 is 11.3 Å². The van der Waals surface area contributed by atoms with E-state index in [9.17, 15) is 4.79 Å². The second kappa shape index (κ2) is 8.73. The smallest absolute Gasteiger partial charge is 0.258 e. The molecule has 0 atom stereocenters. The summed E-state index contributed by atoms with van der Waals surface area (Å²) < 4.78 is 10.7. The Bertz CT molecular complexity index is 1250. The number of aromatic nitrogens is 2. The number of amides is 1. The van der Waals surface area contributed by atoms with Gasteiger partial charge >= 0.3 is 0 Å². The fourth-order valence-electron chi connectivity index (χ4n) is 3.31. The molecule has 158 valence electrons. The van der Waals surface area contributed by atoms with Crippen molar-refractivity contribution >= 4 is 33.3 Å². The summed E-state index contributed by atoms with van der Waals surface area (Å²) in [5.74, 6) is 1.37. The molecule has 0 fully saturated rings. The Labute approximate surface area is 184 Å². The maximum absolute atomic E-state index is 13.1. The van der Waals surface area contributed by atoms with Crippen molar-refractivity contribution < 1.29 is 14.3 Å². The largest absolute Gasteiger partial charge is 0.497 e. The number of carbonyl (C=O) groups excluding carboxylic acids is 1. The molecule has 0 spiro atoms. The van der Waals surface area contributed by atoms with Gasteiger partial charge in [-0.3, -0.25) is 15.1 Å². The quantitative estimate of drug-likeness (QED) is 0.419. The molecule has 4 aromatic rings. The molecule has 0 aliphatic rings. The lowest BCUT2D eigenvalue weighted by Crippen LogP contribution is -2.13. The minimum Gasteiger partial charge on any atom is -0.497 e. The predicted octanol–water partition coefficient (Wildman–Crippen LogP) is 5.75. The first-order valence-corrected chi connectivity index (χ1v) is 10.8. The summed E-state index contributed by atoms with van der Waals surface area (Å²) in [6.45, 7) is 4.13. The lowest BCUT2D eigenvalue weighted by Gasteiger charge is -2.11. The van der Waals surface area contributed by atoms with Gasteiger partial charge in [0, 0.05) is 28.1 Å². The number of carbonyl (C=O) groups is 1. The average molecular weight is 434 g/mol. The van der Waals surface area contributed by atoms with E-state index in [1.165, 1.54) is 11.3 Å². The molecule has 0 saturated heterocycles. The number of nitrogens with zero attached hydrogens (tertiary/aromatic N) is 2.